The summed E-state index contributed by atoms with van der Waals surface area (Å²) in [6.45, 7) is 0. The molecule has 0 aliphatic rings. The van der Waals surface area contributed by atoms with Crippen LogP contribution < -0.4 is 5.73 Å². The lowest BCUT2D eigenvalue weighted by Gasteiger charge is -2.18. The van der Waals surface area contributed by atoms with Gasteiger partial charge in [-0.3, -0.25) is 0 Å². The highest BCUT2D eigenvalue weighted by Gasteiger charge is 2.47. The van der Waals surface area contributed by atoms with E-state index in [4.69, 9.17) is 10.8 Å². The molecule has 0 amide bonds. The number of aliphatic carboxylic acids is 1. The van der Waals surface area contributed by atoms with Crippen LogP contribution in [0.3, 0.4) is 0 Å². The topological polar surface area (TPSA) is 63.3 Å². The van der Waals surface area contributed by atoms with E-state index in [0.717, 1.165) is 11.3 Å². The number of hydrogen-bond donors (Lipinski definition) is 2. The van der Waals surface area contributed by atoms with Crippen molar-refractivity contribution in [3.8, 4) is 0 Å². The van der Waals surface area contributed by atoms with E-state index in [1.807, 2.05) is 0 Å². The Balaban J connectivity index is 3.02. The van der Waals surface area contributed by atoms with Crippen molar-refractivity contribution in [3.05, 3.63) is 20.8 Å². The van der Waals surface area contributed by atoms with E-state index in [9.17, 15) is 13.6 Å². The molecule has 0 fully saturated rings. The molecule has 0 saturated heterocycles. The standard InChI is InChI=1S/C7H6BrF2NO2S/c8-3-1-2-14-4(3)5(11)7(9,10)6(12)13/h1-2,5H,11H2,(H,12,13)/t5-/m1/s1. The lowest BCUT2D eigenvalue weighted by atomic mass is 10.1. The van der Waals surface area contributed by atoms with Crippen LogP contribution in [0.25, 0.3) is 0 Å². The first kappa shape index (κ1) is 11.5. The Kier molecular flexibility index (Phi) is 3.23. The Labute approximate surface area is 90.7 Å². The maximum atomic E-state index is 12.9. The van der Waals surface area contributed by atoms with Crippen molar-refractivity contribution in [3.63, 3.8) is 0 Å². The number of alkyl halides is 2. The Morgan fingerprint density at radius 1 is 1.71 bits per heavy atom. The highest BCUT2D eigenvalue weighted by Crippen LogP contribution is 2.36. The van der Waals surface area contributed by atoms with Gasteiger partial charge in [-0.05, 0) is 27.4 Å². The second kappa shape index (κ2) is 3.92. The fraction of sp³-hybridized carbons (Fsp3) is 0.286. The van der Waals surface area contributed by atoms with Gasteiger partial charge >= 0.3 is 11.9 Å². The molecular formula is C7H6BrF2NO2S. The predicted octanol–water partition coefficient (Wildman–Crippen LogP) is 2.23. The molecule has 0 unspecified atom stereocenters. The summed E-state index contributed by atoms with van der Waals surface area (Å²) in [5.74, 6) is -6.17. The number of carboxylic acid groups (broad SMARTS) is 1. The molecule has 0 radical (unpaired) electrons. The summed E-state index contributed by atoms with van der Waals surface area (Å²) in [6, 6.07) is -0.285. The van der Waals surface area contributed by atoms with Crippen molar-refractivity contribution in [2.45, 2.75) is 12.0 Å². The van der Waals surface area contributed by atoms with Crippen molar-refractivity contribution in [1.29, 1.82) is 0 Å². The quantitative estimate of drug-likeness (QED) is 0.895. The van der Waals surface area contributed by atoms with Gasteiger partial charge in [-0.2, -0.15) is 8.78 Å². The Morgan fingerprint density at radius 2 is 2.29 bits per heavy atom. The number of nitrogens with two attached hydrogens (primary N) is 1. The molecule has 0 spiro atoms. The zero-order chi connectivity index (χ0) is 10.9. The Hall–Kier alpha value is -0.530. The van der Waals surface area contributed by atoms with Crippen LogP contribution in [0.4, 0.5) is 8.78 Å². The minimum atomic E-state index is -3.95. The minimum absolute atomic E-state index is 0.123. The zero-order valence-corrected chi connectivity index (χ0v) is 9.11. The van der Waals surface area contributed by atoms with Crippen LogP contribution in [-0.2, 0) is 4.79 Å². The maximum Gasteiger partial charge on any atom is 0.376 e. The van der Waals surface area contributed by atoms with Gasteiger partial charge in [-0.1, -0.05) is 0 Å². The van der Waals surface area contributed by atoms with E-state index in [1.165, 1.54) is 6.07 Å². The van der Waals surface area contributed by atoms with Gasteiger partial charge in [0.2, 0.25) is 0 Å². The van der Waals surface area contributed by atoms with E-state index in [0.29, 0.717) is 4.47 Å². The van der Waals surface area contributed by atoms with Crippen LogP contribution in [0, 0.1) is 0 Å². The molecule has 1 aromatic rings. The van der Waals surface area contributed by atoms with E-state index >= 15 is 0 Å². The van der Waals surface area contributed by atoms with Gasteiger partial charge in [0.1, 0.15) is 6.04 Å². The Morgan fingerprint density at radius 3 is 2.64 bits per heavy atom. The monoisotopic (exact) mass is 285 g/mol. The van der Waals surface area contributed by atoms with Crippen LogP contribution in [-0.4, -0.2) is 17.0 Å². The summed E-state index contributed by atoms with van der Waals surface area (Å²) in [6.07, 6.45) is 0. The number of carbonyl (C=O) groups is 1. The lowest BCUT2D eigenvalue weighted by Crippen LogP contribution is -2.40. The SMILES string of the molecule is N[C@H](c1sccc1Br)C(F)(F)C(=O)O. The molecule has 0 aromatic carbocycles. The second-order valence-corrected chi connectivity index (χ2v) is 4.34. The first-order chi connectivity index (χ1) is 6.37. The molecule has 1 aromatic heterocycles. The molecule has 0 bridgehead atoms. The number of carboxylic acids is 1. The number of halogens is 3. The van der Waals surface area contributed by atoms with E-state index in [2.05, 4.69) is 15.9 Å². The third-order valence-electron chi connectivity index (χ3n) is 1.60. The average Bonchev–Trinajstić information content (AvgIpc) is 2.49. The smallest absolute Gasteiger partial charge is 0.376 e. The number of hydrogen-bond acceptors (Lipinski definition) is 3. The lowest BCUT2D eigenvalue weighted by molar-refractivity contribution is -0.168. The van der Waals surface area contributed by atoms with Crippen molar-refractivity contribution in [1.82, 2.24) is 0 Å². The van der Waals surface area contributed by atoms with Gasteiger partial charge in [0, 0.05) is 9.35 Å². The highest BCUT2D eigenvalue weighted by atomic mass is 79.9. The van der Waals surface area contributed by atoms with Gasteiger partial charge in [0.25, 0.3) is 0 Å². The van der Waals surface area contributed by atoms with Crippen molar-refractivity contribution < 1.29 is 18.7 Å². The zero-order valence-electron chi connectivity index (χ0n) is 6.71. The van der Waals surface area contributed by atoms with E-state index in [1.54, 1.807) is 5.38 Å². The summed E-state index contributed by atoms with van der Waals surface area (Å²) in [5, 5.41) is 9.81. The first-order valence-electron chi connectivity index (χ1n) is 3.47. The van der Waals surface area contributed by atoms with Crippen LogP contribution in [0.2, 0.25) is 0 Å². The summed E-state index contributed by atoms with van der Waals surface area (Å²) < 4.78 is 26.3. The van der Waals surface area contributed by atoms with Crippen LogP contribution >= 0.6 is 27.3 Å². The second-order valence-electron chi connectivity index (χ2n) is 2.54. The molecule has 3 N–H and O–H groups in total. The Bertz CT molecular complexity index is 355. The van der Waals surface area contributed by atoms with Gasteiger partial charge in [0.15, 0.2) is 0 Å². The average molecular weight is 286 g/mol. The van der Waals surface area contributed by atoms with Gasteiger partial charge in [-0.15, -0.1) is 11.3 Å². The fourth-order valence-corrected chi connectivity index (χ4v) is 2.49. The van der Waals surface area contributed by atoms with Crippen LogP contribution in [0.5, 0.6) is 0 Å². The molecule has 14 heavy (non-hydrogen) atoms. The predicted molar refractivity (Wildman–Crippen MR) is 51.5 cm³/mol. The van der Waals surface area contributed by atoms with Gasteiger partial charge in [0.05, 0.1) is 0 Å². The molecule has 0 aliphatic carbocycles. The van der Waals surface area contributed by atoms with E-state index < -0.39 is 17.9 Å². The van der Waals surface area contributed by atoms with Crippen LogP contribution in [0.1, 0.15) is 10.9 Å². The number of thiophene rings is 1. The number of rotatable bonds is 3. The molecule has 78 valence electrons. The molecule has 3 nitrogen and oxygen atoms in total. The molecule has 1 rings (SSSR count). The maximum absolute atomic E-state index is 12.9. The summed E-state index contributed by atoms with van der Waals surface area (Å²) in [7, 11) is 0. The van der Waals surface area contributed by atoms with Gasteiger partial charge in [-0.25, -0.2) is 4.79 Å². The molecule has 0 saturated carbocycles. The summed E-state index contributed by atoms with van der Waals surface area (Å²) >= 11 is 4.00. The van der Waals surface area contributed by atoms with Crippen LogP contribution in [0.15, 0.2) is 15.9 Å². The van der Waals surface area contributed by atoms with Crippen molar-refractivity contribution in [2.75, 3.05) is 0 Å². The fourth-order valence-electron chi connectivity index (χ4n) is 0.825. The highest BCUT2D eigenvalue weighted by molar-refractivity contribution is 9.10. The molecule has 1 atom stereocenters. The molecular weight excluding hydrogens is 280 g/mol. The largest absolute Gasteiger partial charge is 0.477 e. The third-order valence-corrected chi connectivity index (χ3v) is 3.56. The van der Waals surface area contributed by atoms with Crippen molar-refractivity contribution >= 4 is 33.2 Å². The van der Waals surface area contributed by atoms with Crippen molar-refractivity contribution in [2.24, 2.45) is 5.73 Å². The molecule has 0 aliphatic heterocycles. The third kappa shape index (κ3) is 1.94. The first-order valence-corrected chi connectivity index (χ1v) is 5.14. The molecule has 7 heteroatoms. The van der Waals surface area contributed by atoms with Gasteiger partial charge < -0.3 is 10.8 Å². The normalized spacial score (nSPS) is 14.0. The minimum Gasteiger partial charge on any atom is -0.477 e. The van der Waals surface area contributed by atoms with E-state index in [-0.39, 0.29) is 4.88 Å². The molecule has 1 heterocycles. The summed E-state index contributed by atoms with van der Waals surface area (Å²) in [4.78, 5) is 10.4. The summed E-state index contributed by atoms with van der Waals surface area (Å²) in [5.41, 5.74) is 5.17.